The van der Waals surface area contributed by atoms with Gasteiger partial charge in [-0.3, -0.25) is 4.90 Å². The Morgan fingerprint density at radius 3 is 2.32 bits per heavy atom. The molecule has 0 bridgehead atoms. The highest BCUT2D eigenvalue weighted by Gasteiger charge is 2.19. The lowest BCUT2D eigenvalue weighted by Crippen LogP contribution is -2.46. The van der Waals surface area contributed by atoms with Crippen molar-refractivity contribution in [2.75, 3.05) is 51.3 Å². The highest BCUT2D eigenvalue weighted by Crippen LogP contribution is 2.28. The molecule has 0 amide bonds. The average molecular weight is 511 g/mol. The molecule has 4 aromatic carbocycles. The number of piperazine rings is 1. The zero-order valence-electron chi connectivity index (χ0n) is 21.8. The molecule has 5 rings (SSSR count). The average Bonchev–Trinajstić information content (AvgIpc) is 2.98. The molecule has 6 heteroatoms. The van der Waals surface area contributed by atoms with E-state index in [1.807, 2.05) is 48.5 Å². The largest absolute Gasteiger partial charge is 0.495 e. The second kappa shape index (κ2) is 12.5. The SMILES string of the molecule is COc1ccccc1N1CCN(CCCOC(=O)c2ccccc2OCc2ccc3ccccc3c2)CC1. The molecule has 0 spiro atoms. The number of rotatable bonds is 10. The molecule has 0 radical (unpaired) electrons. The Labute approximate surface area is 224 Å². The molecule has 0 aromatic heterocycles. The van der Waals surface area contributed by atoms with Crippen LogP contribution in [0.2, 0.25) is 0 Å². The van der Waals surface area contributed by atoms with Gasteiger partial charge in [0.1, 0.15) is 23.7 Å². The lowest BCUT2D eigenvalue weighted by Gasteiger charge is -2.36. The molecule has 6 nitrogen and oxygen atoms in total. The summed E-state index contributed by atoms with van der Waals surface area (Å²) in [6, 6.07) is 29.9. The Balaban J connectivity index is 1.07. The number of anilines is 1. The molecule has 0 unspecified atom stereocenters. The van der Waals surface area contributed by atoms with Crippen LogP contribution in [0.1, 0.15) is 22.3 Å². The van der Waals surface area contributed by atoms with Crippen molar-refractivity contribution >= 4 is 22.4 Å². The minimum Gasteiger partial charge on any atom is -0.495 e. The van der Waals surface area contributed by atoms with Crippen LogP contribution in [0.25, 0.3) is 10.8 Å². The third kappa shape index (κ3) is 6.26. The number of carbonyl (C=O) groups excluding carboxylic acids is 1. The van der Waals surface area contributed by atoms with Crippen LogP contribution in [-0.4, -0.2) is 57.3 Å². The van der Waals surface area contributed by atoms with Crippen LogP contribution in [0.4, 0.5) is 5.69 Å². The summed E-state index contributed by atoms with van der Waals surface area (Å²) in [5.74, 6) is 1.10. The van der Waals surface area contributed by atoms with Gasteiger partial charge < -0.3 is 19.1 Å². The number of carbonyl (C=O) groups is 1. The van der Waals surface area contributed by atoms with Crippen molar-refractivity contribution in [1.82, 2.24) is 4.90 Å². The molecular weight excluding hydrogens is 476 g/mol. The van der Waals surface area contributed by atoms with Crippen molar-refractivity contribution in [3.63, 3.8) is 0 Å². The molecule has 38 heavy (non-hydrogen) atoms. The number of fused-ring (bicyclic) bond motifs is 1. The summed E-state index contributed by atoms with van der Waals surface area (Å²) in [4.78, 5) is 17.6. The normalized spacial score (nSPS) is 13.9. The molecule has 196 valence electrons. The van der Waals surface area contributed by atoms with Gasteiger partial charge >= 0.3 is 5.97 Å². The van der Waals surface area contributed by atoms with Gasteiger partial charge in [0.15, 0.2) is 0 Å². The molecule has 0 saturated carbocycles. The first kappa shape index (κ1) is 25.6. The second-order valence-corrected chi connectivity index (χ2v) is 9.46. The monoisotopic (exact) mass is 510 g/mol. The first-order valence-corrected chi connectivity index (χ1v) is 13.2. The van der Waals surface area contributed by atoms with Crippen molar-refractivity contribution in [2.45, 2.75) is 13.0 Å². The summed E-state index contributed by atoms with van der Waals surface area (Å²) in [5, 5.41) is 2.36. The van der Waals surface area contributed by atoms with Crippen molar-refractivity contribution < 1.29 is 19.0 Å². The van der Waals surface area contributed by atoms with Gasteiger partial charge in [0, 0.05) is 32.7 Å². The maximum Gasteiger partial charge on any atom is 0.341 e. The second-order valence-electron chi connectivity index (χ2n) is 9.46. The minimum atomic E-state index is -0.347. The molecule has 1 fully saturated rings. The van der Waals surface area contributed by atoms with Gasteiger partial charge in [0.05, 0.1) is 19.4 Å². The highest BCUT2D eigenvalue weighted by molar-refractivity contribution is 5.92. The van der Waals surface area contributed by atoms with E-state index in [0.717, 1.165) is 56.1 Å². The third-order valence-corrected chi connectivity index (χ3v) is 6.97. The molecular formula is C32H34N2O4. The third-order valence-electron chi connectivity index (χ3n) is 6.97. The van der Waals surface area contributed by atoms with E-state index in [-0.39, 0.29) is 5.97 Å². The zero-order valence-corrected chi connectivity index (χ0v) is 21.8. The van der Waals surface area contributed by atoms with Crippen molar-refractivity contribution in [3.05, 3.63) is 102 Å². The van der Waals surface area contributed by atoms with Crippen LogP contribution < -0.4 is 14.4 Å². The van der Waals surface area contributed by atoms with Gasteiger partial charge in [0.25, 0.3) is 0 Å². The zero-order chi connectivity index (χ0) is 26.2. The summed E-state index contributed by atoms with van der Waals surface area (Å²) < 4.78 is 17.2. The van der Waals surface area contributed by atoms with E-state index in [0.29, 0.717) is 24.5 Å². The summed E-state index contributed by atoms with van der Waals surface area (Å²) in [6.07, 6.45) is 0.792. The first-order valence-electron chi connectivity index (χ1n) is 13.2. The summed E-state index contributed by atoms with van der Waals surface area (Å²) in [7, 11) is 1.71. The maximum absolute atomic E-state index is 12.8. The van der Waals surface area contributed by atoms with Crippen LogP contribution in [0.15, 0.2) is 91.0 Å². The Morgan fingerprint density at radius 2 is 1.50 bits per heavy atom. The van der Waals surface area contributed by atoms with E-state index in [4.69, 9.17) is 14.2 Å². The van der Waals surface area contributed by atoms with Gasteiger partial charge in [-0.25, -0.2) is 4.79 Å². The Hall–Kier alpha value is -4.03. The summed E-state index contributed by atoms with van der Waals surface area (Å²) in [5.41, 5.74) is 2.65. The Kier molecular flexibility index (Phi) is 8.41. The fraction of sp³-hybridized carbons (Fsp3) is 0.281. The van der Waals surface area contributed by atoms with Crippen molar-refractivity contribution in [1.29, 1.82) is 0 Å². The molecule has 1 heterocycles. The molecule has 0 aliphatic carbocycles. The van der Waals surface area contributed by atoms with Gasteiger partial charge in [-0.2, -0.15) is 0 Å². The van der Waals surface area contributed by atoms with E-state index in [1.54, 1.807) is 13.2 Å². The van der Waals surface area contributed by atoms with Gasteiger partial charge in [-0.05, 0) is 53.1 Å². The van der Waals surface area contributed by atoms with Crippen molar-refractivity contribution in [3.8, 4) is 11.5 Å². The van der Waals surface area contributed by atoms with Gasteiger partial charge in [-0.15, -0.1) is 0 Å². The number of benzene rings is 4. The molecule has 4 aromatic rings. The van der Waals surface area contributed by atoms with Gasteiger partial charge in [0.2, 0.25) is 0 Å². The van der Waals surface area contributed by atoms with Crippen LogP contribution in [0, 0.1) is 0 Å². The number of hydrogen-bond acceptors (Lipinski definition) is 6. The van der Waals surface area contributed by atoms with E-state index in [2.05, 4.69) is 46.2 Å². The smallest absolute Gasteiger partial charge is 0.341 e. The van der Waals surface area contributed by atoms with Crippen LogP contribution >= 0.6 is 0 Å². The van der Waals surface area contributed by atoms with Gasteiger partial charge in [-0.1, -0.05) is 60.7 Å². The number of ether oxygens (including phenoxy) is 3. The van der Waals surface area contributed by atoms with E-state index < -0.39 is 0 Å². The molecule has 0 N–H and O–H groups in total. The lowest BCUT2D eigenvalue weighted by atomic mass is 10.1. The first-order chi connectivity index (χ1) is 18.7. The topological polar surface area (TPSA) is 51.2 Å². The fourth-order valence-corrected chi connectivity index (χ4v) is 4.88. The summed E-state index contributed by atoms with van der Waals surface area (Å²) in [6.45, 7) is 5.49. The van der Waals surface area contributed by atoms with E-state index >= 15 is 0 Å². The quantitative estimate of drug-likeness (QED) is 0.199. The lowest BCUT2D eigenvalue weighted by molar-refractivity contribution is 0.0482. The van der Waals surface area contributed by atoms with Crippen LogP contribution in [0.5, 0.6) is 11.5 Å². The molecule has 1 aliphatic rings. The van der Waals surface area contributed by atoms with Crippen molar-refractivity contribution in [2.24, 2.45) is 0 Å². The highest BCUT2D eigenvalue weighted by atomic mass is 16.5. The Bertz CT molecular complexity index is 1360. The number of para-hydroxylation sites is 3. The minimum absolute atomic E-state index is 0.347. The Morgan fingerprint density at radius 1 is 0.789 bits per heavy atom. The predicted octanol–water partition coefficient (Wildman–Crippen LogP) is 5.80. The number of hydrogen-bond donors (Lipinski definition) is 0. The van der Waals surface area contributed by atoms with Crippen LogP contribution in [0.3, 0.4) is 0 Å². The molecule has 1 aliphatic heterocycles. The van der Waals surface area contributed by atoms with Crippen LogP contribution in [-0.2, 0) is 11.3 Å². The van der Waals surface area contributed by atoms with E-state index in [9.17, 15) is 4.79 Å². The number of esters is 1. The molecule has 1 saturated heterocycles. The standard InChI is InChI=1S/C32H34N2O4/c1-36-31-14-7-5-12-29(31)34-20-18-33(19-21-34)17-8-22-37-32(35)28-11-4-6-13-30(28)38-24-25-15-16-26-9-2-3-10-27(26)23-25/h2-7,9-16,23H,8,17-22,24H2,1H3. The van der Waals surface area contributed by atoms with E-state index in [1.165, 1.54) is 10.8 Å². The summed E-state index contributed by atoms with van der Waals surface area (Å²) >= 11 is 0. The number of methoxy groups -OCH3 is 1. The maximum atomic E-state index is 12.8. The predicted molar refractivity (Wildman–Crippen MR) is 151 cm³/mol. The molecule has 0 atom stereocenters. The number of nitrogens with zero attached hydrogens (tertiary/aromatic N) is 2. The fourth-order valence-electron chi connectivity index (χ4n) is 4.88.